The van der Waals surface area contributed by atoms with E-state index >= 15 is 0 Å². The van der Waals surface area contributed by atoms with Gasteiger partial charge in [0.1, 0.15) is 0 Å². The van der Waals surface area contributed by atoms with Crippen LogP contribution in [-0.4, -0.2) is 28.0 Å². The Balaban J connectivity index is 1.74. The van der Waals surface area contributed by atoms with Gasteiger partial charge < -0.3 is 15.2 Å². The number of aliphatic imine (C=N–C) groups is 1. The van der Waals surface area contributed by atoms with Crippen LogP contribution in [0, 0.1) is 0 Å². The Labute approximate surface area is 178 Å². The molecule has 2 N–H and O–H groups in total. The molecule has 7 nitrogen and oxygen atoms in total. The maximum atomic E-state index is 12.2. The molecular formula is C22H13BrN4O3. The van der Waals surface area contributed by atoms with Gasteiger partial charge in [-0.05, 0) is 40.2 Å². The SMILES string of the molecule is NC(=O)c1cnn2ccc3c2c1-c1ccccc1N=C3c1cc2c(cc1Br)OCO2. The minimum Gasteiger partial charge on any atom is -0.454 e. The number of aromatic nitrogens is 2. The Morgan fingerprint density at radius 3 is 2.70 bits per heavy atom. The molecule has 8 heteroatoms. The van der Waals surface area contributed by atoms with Gasteiger partial charge in [0, 0.05) is 32.9 Å². The Kier molecular flexibility index (Phi) is 3.54. The highest BCUT2D eigenvalue weighted by Crippen LogP contribution is 2.43. The molecule has 2 aliphatic heterocycles. The van der Waals surface area contributed by atoms with Crippen molar-refractivity contribution in [2.75, 3.05) is 6.79 Å². The average molecular weight is 461 g/mol. The smallest absolute Gasteiger partial charge is 0.251 e. The third-order valence-electron chi connectivity index (χ3n) is 5.33. The number of nitrogens with two attached hydrogens (primary N) is 1. The van der Waals surface area contributed by atoms with Crippen LogP contribution in [0.4, 0.5) is 5.69 Å². The molecule has 0 saturated carbocycles. The monoisotopic (exact) mass is 460 g/mol. The number of carbonyl (C=O) groups excluding carboxylic acids is 1. The van der Waals surface area contributed by atoms with Crippen molar-refractivity contribution in [3.8, 4) is 22.6 Å². The van der Waals surface area contributed by atoms with Gasteiger partial charge in [0.25, 0.3) is 5.91 Å². The van der Waals surface area contributed by atoms with Gasteiger partial charge in [0.15, 0.2) is 11.5 Å². The molecule has 0 atom stereocenters. The molecule has 2 aromatic carbocycles. The molecule has 146 valence electrons. The van der Waals surface area contributed by atoms with E-state index in [9.17, 15) is 4.79 Å². The number of fused-ring (bicyclic) bond motifs is 3. The number of ether oxygens (including phenoxy) is 2. The van der Waals surface area contributed by atoms with E-state index in [-0.39, 0.29) is 6.79 Å². The highest BCUT2D eigenvalue weighted by Gasteiger charge is 2.28. The van der Waals surface area contributed by atoms with Gasteiger partial charge >= 0.3 is 0 Å². The minimum atomic E-state index is -0.533. The fraction of sp³-hybridized carbons (Fsp3) is 0.0455. The molecule has 0 unspecified atom stereocenters. The number of benzene rings is 2. The molecule has 2 aromatic heterocycles. The van der Waals surface area contributed by atoms with Crippen LogP contribution >= 0.6 is 15.9 Å². The molecule has 2 aliphatic rings. The maximum absolute atomic E-state index is 12.2. The number of carbonyl (C=O) groups is 1. The zero-order chi connectivity index (χ0) is 20.4. The number of hydrogen-bond acceptors (Lipinski definition) is 5. The summed E-state index contributed by atoms with van der Waals surface area (Å²) < 4.78 is 13.6. The molecular weight excluding hydrogens is 448 g/mol. The molecule has 4 aromatic rings. The second-order valence-corrected chi connectivity index (χ2v) is 7.84. The van der Waals surface area contributed by atoms with Gasteiger partial charge in [-0.25, -0.2) is 9.51 Å². The van der Waals surface area contributed by atoms with Gasteiger partial charge in [-0.1, -0.05) is 18.2 Å². The van der Waals surface area contributed by atoms with Crippen LogP contribution in [0.15, 0.2) is 64.3 Å². The first-order valence-electron chi connectivity index (χ1n) is 9.20. The van der Waals surface area contributed by atoms with Crippen molar-refractivity contribution in [3.63, 3.8) is 0 Å². The molecule has 1 amide bonds. The molecule has 4 heterocycles. The number of nitrogens with zero attached hydrogens (tertiary/aromatic N) is 3. The first-order valence-corrected chi connectivity index (χ1v) is 9.99. The molecule has 6 rings (SSSR count). The molecule has 30 heavy (non-hydrogen) atoms. The van der Waals surface area contributed by atoms with Crippen LogP contribution in [-0.2, 0) is 0 Å². The van der Waals surface area contributed by atoms with Gasteiger partial charge in [-0.3, -0.25) is 4.79 Å². The summed E-state index contributed by atoms with van der Waals surface area (Å²) in [5.41, 5.74) is 11.5. The van der Waals surface area contributed by atoms with Gasteiger partial charge in [0.2, 0.25) is 6.79 Å². The number of para-hydroxylation sites is 1. The fourth-order valence-corrected chi connectivity index (χ4v) is 4.51. The number of hydrogen-bond donors (Lipinski definition) is 1. The van der Waals surface area contributed by atoms with Crippen LogP contribution in [0.2, 0.25) is 0 Å². The lowest BCUT2D eigenvalue weighted by molar-refractivity contribution is 0.100. The Bertz CT molecular complexity index is 1420. The Morgan fingerprint density at radius 1 is 1.07 bits per heavy atom. The van der Waals surface area contributed by atoms with E-state index in [0.717, 1.165) is 43.6 Å². The van der Waals surface area contributed by atoms with Crippen molar-refractivity contribution in [1.82, 2.24) is 9.61 Å². The summed E-state index contributed by atoms with van der Waals surface area (Å²) in [6.07, 6.45) is 3.36. The number of rotatable bonds is 2. The predicted molar refractivity (Wildman–Crippen MR) is 115 cm³/mol. The van der Waals surface area contributed by atoms with Crippen LogP contribution in [0.25, 0.3) is 16.6 Å². The van der Waals surface area contributed by atoms with Crippen LogP contribution in [0.5, 0.6) is 11.5 Å². The lowest BCUT2D eigenvalue weighted by atomic mass is 9.96. The number of halogens is 1. The van der Waals surface area contributed by atoms with E-state index < -0.39 is 5.91 Å². The third kappa shape index (κ3) is 2.34. The Hall–Kier alpha value is -3.65. The van der Waals surface area contributed by atoms with E-state index in [0.29, 0.717) is 17.1 Å². The summed E-state index contributed by atoms with van der Waals surface area (Å²) in [6, 6.07) is 13.4. The van der Waals surface area contributed by atoms with Gasteiger partial charge in [-0.2, -0.15) is 5.10 Å². The van der Waals surface area contributed by atoms with E-state index in [4.69, 9.17) is 20.2 Å². The van der Waals surface area contributed by atoms with Crippen molar-refractivity contribution in [3.05, 3.63) is 76.0 Å². The number of primary amides is 1. The lowest BCUT2D eigenvalue weighted by Crippen LogP contribution is -2.14. The topological polar surface area (TPSA) is 91.2 Å². The summed E-state index contributed by atoms with van der Waals surface area (Å²) in [6.45, 7) is 0.186. The standard InChI is InChI=1S/C22H13BrN4O3/c23-15-8-18-17(29-10-30-18)7-13(15)20-12-5-6-27-21(12)19(14(9-25-27)22(24)28)11-3-1-2-4-16(11)26-20/h1-9H,10H2,(H2,24,28). The van der Waals surface area contributed by atoms with Crippen LogP contribution in [0.1, 0.15) is 21.5 Å². The molecule has 0 radical (unpaired) electrons. The van der Waals surface area contributed by atoms with E-state index in [1.54, 1.807) is 4.52 Å². The lowest BCUT2D eigenvalue weighted by Gasteiger charge is -2.10. The summed E-state index contributed by atoms with van der Waals surface area (Å²) >= 11 is 3.65. The van der Waals surface area contributed by atoms with E-state index in [2.05, 4.69) is 21.0 Å². The largest absolute Gasteiger partial charge is 0.454 e. The average Bonchev–Trinajstić information content (AvgIpc) is 3.34. The quantitative estimate of drug-likeness (QED) is 0.429. The molecule has 0 spiro atoms. The fourth-order valence-electron chi connectivity index (χ4n) is 4.00. The zero-order valence-corrected chi connectivity index (χ0v) is 17.0. The molecule has 0 fully saturated rings. The predicted octanol–water partition coefficient (Wildman–Crippen LogP) is 4.07. The summed E-state index contributed by atoms with van der Waals surface area (Å²) in [4.78, 5) is 17.2. The second kappa shape index (κ2) is 6.17. The van der Waals surface area contributed by atoms with Crippen molar-refractivity contribution in [1.29, 1.82) is 0 Å². The summed E-state index contributed by atoms with van der Waals surface area (Å²) in [5.74, 6) is 0.808. The van der Waals surface area contributed by atoms with Gasteiger partial charge in [0.05, 0.1) is 28.7 Å². The number of amides is 1. The van der Waals surface area contributed by atoms with Gasteiger partial charge in [-0.15, -0.1) is 0 Å². The van der Waals surface area contributed by atoms with Crippen molar-refractivity contribution < 1.29 is 14.3 Å². The first-order chi connectivity index (χ1) is 14.6. The molecule has 0 saturated heterocycles. The molecule has 0 bridgehead atoms. The zero-order valence-electron chi connectivity index (χ0n) is 15.4. The van der Waals surface area contributed by atoms with Crippen molar-refractivity contribution in [2.24, 2.45) is 10.7 Å². The Morgan fingerprint density at radius 2 is 1.87 bits per heavy atom. The van der Waals surface area contributed by atoms with Crippen molar-refractivity contribution >= 4 is 38.8 Å². The highest BCUT2D eigenvalue weighted by atomic mass is 79.9. The van der Waals surface area contributed by atoms with Crippen LogP contribution in [0.3, 0.4) is 0 Å². The summed E-state index contributed by atoms with van der Waals surface area (Å²) in [7, 11) is 0. The second-order valence-electron chi connectivity index (χ2n) is 6.98. The van der Waals surface area contributed by atoms with E-state index in [1.807, 2.05) is 48.7 Å². The normalized spacial score (nSPS) is 13.7. The highest BCUT2D eigenvalue weighted by molar-refractivity contribution is 9.10. The summed E-state index contributed by atoms with van der Waals surface area (Å²) in [5, 5.41) is 4.39. The van der Waals surface area contributed by atoms with Crippen molar-refractivity contribution in [2.45, 2.75) is 0 Å². The minimum absolute atomic E-state index is 0.186. The van der Waals surface area contributed by atoms with E-state index in [1.165, 1.54) is 6.20 Å². The maximum Gasteiger partial charge on any atom is 0.251 e. The molecule has 0 aliphatic carbocycles. The third-order valence-corrected chi connectivity index (χ3v) is 5.98. The van der Waals surface area contributed by atoms with Crippen LogP contribution < -0.4 is 15.2 Å². The first kappa shape index (κ1) is 17.2.